The third-order valence-corrected chi connectivity index (χ3v) is 5.79. The minimum absolute atomic E-state index is 0.331. The highest BCUT2D eigenvalue weighted by atomic mass is 79.9. The van der Waals surface area contributed by atoms with Gasteiger partial charge in [0.25, 0.3) is 0 Å². The normalized spacial score (nSPS) is 10.7. The summed E-state index contributed by atoms with van der Waals surface area (Å²) in [6.45, 7) is 0. The number of halogens is 4. The molecule has 2 aromatic rings. The molecule has 0 bridgehead atoms. The van der Waals surface area contributed by atoms with E-state index in [1.807, 2.05) is 24.3 Å². The van der Waals surface area contributed by atoms with Crippen LogP contribution in [0.4, 0.5) is 0 Å². The largest absolute Gasteiger partial charge is 0.219 e. The first-order valence-electron chi connectivity index (χ1n) is 4.82. The topological polar surface area (TPSA) is 25.8 Å². The van der Waals surface area contributed by atoms with E-state index in [-0.39, 0.29) is 0 Å². The lowest BCUT2D eigenvalue weighted by Crippen LogP contribution is -1.95. The Kier molecular flexibility index (Phi) is 5.33. The van der Waals surface area contributed by atoms with Crippen LogP contribution in [0.25, 0.3) is 0 Å². The highest BCUT2D eigenvalue weighted by Gasteiger charge is 2.09. The molecule has 0 fully saturated rings. The Bertz CT molecular complexity index is 558. The van der Waals surface area contributed by atoms with Gasteiger partial charge in [0.15, 0.2) is 0 Å². The molecule has 0 radical (unpaired) electrons. The summed E-state index contributed by atoms with van der Waals surface area (Å²) >= 11 is 20.2. The molecule has 1 aromatic heterocycles. The molecule has 0 N–H and O–H groups in total. The number of hydrogen-bond acceptors (Lipinski definition) is 3. The number of benzene rings is 1. The monoisotopic (exact) mass is 426 g/mol. The van der Waals surface area contributed by atoms with Crippen molar-refractivity contribution in [2.24, 2.45) is 0 Å². The molecular weight excluding hydrogens is 423 g/mol. The molecule has 1 heterocycles. The average molecular weight is 429 g/mol. The molecule has 0 unspecified atom stereocenters. The van der Waals surface area contributed by atoms with E-state index >= 15 is 0 Å². The summed E-state index contributed by atoms with van der Waals surface area (Å²) in [5, 5.41) is 0.662. The van der Waals surface area contributed by atoms with E-state index in [0.717, 1.165) is 9.37 Å². The van der Waals surface area contributed by atoms with Crippen molar-refractivity contribution in [3.63, 3.8) is 0 Å². The number of nitrogens with zero attached hydrogens (tertiary/aromatic N) is 2. The van der Waals surface area contributed by atoms with Crippen LogP contribution in [0.2, 0.25) is 10.3 Å². The fourth-order valence-electron chi connectivity index (χ4n) is 1.20. The van der Waals surface area contributed by atoms with Crippen LogP contribution in [-0.4, -0.2) is 9.97 Å². The first kappa shape index (κ1) is 14.6. The van der Waals surface area contributed by atoms with Gasteiger partial charge in [-0.25, -0.2) is 9.97 Å². The zero-order valence-corrected chi connectivity index (χ0v) is 14.3. The Balaban J connectivity index is 2.14. The van der Waals surface area contributed by atoms with Crippen molar-refractivity contribution in [3.05, 3.63) is 49.3 Å². The van der Waals surface area contributed by atoms with Crippen molar-refractivity contribution in [2.45, 2.75) is 10.6 Å². The van der Waals surface area contributed by atoms with Crippen LogP contribution in [0.1, 0.15) is 5.82 Å². The fourth-order valence-corrected chi connectivity index (χ4v) is 3.23. The highest BCUT2D eigenvalue weighted by Crippen LogP contribution is 2.31. The maximum absolute atomic E-state index is 5.93. The molecule has 0 aliphatic heterocycles. The standard InChI is InChI=1S/C11H6Br2Cl2N2S/c12-6-3-1-2-4-7(6)18-5-8-16-10(14)9(13)11(15)17-8/h1-4H,5H2. The summed E-state index contributed by atoms with van der Waals surface area (Å²) in [5.74, 6) is 1.21. The quantitative estimate of drug-likeness (QED) is 0.470. The van der Waals surface area contributed by atoms with Crippen molar-refractivity contribution in [1.82, 2.24) is 9.97 Å². The zero-order chi connectivity index (χ0) is 13.1. The molecule has 2 nitrogen and oxygen atoms in total. The molecule has 0 amide bonds. The van der Waals surface area contributed by atoms with Crippen LogP contribution in [0.3, 0.4) is 0 Å². The Morgan fingerprint density at radius 3 is 2.28 bits per heavy atom. The summed E-state index contributed by atoms with van der Waals surface area (Å²) in [6, 6.07) is 7.97. The molecule has 94 valence electrons. The lowest BCUT2D eigenvalue weighted by atomic mass is 10.4. The Morgan fingerprint density at radius 2 is 1.67 bits per heavy atom. The van der Waals surface area contributed by atoms with Gasteiger partial charge in [0.2, 0.25) is 0 Å². The van der Waals surface area contributed by atoms with E-state index in [2.05, 4.69) is 41.8 Å². The van der Waals surface area contributed by atoms with Crippen LogP contribution in [0, 0.1) is 0 Å². The summed E-state index contributed by atoms with van der Waals surface area (Å²) < 4.78 is 1.57. The second kappa shape index (κ2) is 6.57. The molecule has 18 heavy (non-hydrogen) atoms. The fraction of sp³-hybridized carbons (Fsp3) is 0.0909. The van der Waals surface area contributed by atoms with Crippen molar-refractivity contribution < 1.29 is 0 Å². The third-order valence-electron chi connectivity index (χ3n) is 2.01. The van der Waals surface area contributed by atoms with E-state index < -0.39 is 0 Å². The SMILES string of the molecule is Clc1nc(CSc2ccccc2Br)nc(Cl)c1Br. The molecule has 0 aliphatic carbocycles. The molecule has 0 saturated carbocycles. The summed E-state index contributed by atoms with van der Waals surface area (Å²) in [5.41, 5.74) is 0. The van der Waals surface area contributed by atoms with Crippen LogP contribution in [0.15, 0.2) is 38.1 Å². The van der Waals surface area contributed by atoms with Crippen LogP contribution >= 0.6 is 66.8 Å². The first-order chi connectivity index (χ1) is 8.58. The lowest BCUT2D eigenvalue weighted by Gasteiger charge is -2.05. The van der Waals surface area contributed by atoms with E-state index in [0.29, 0.717) is 26.4 Å². The molecule has 1 aromatic carbocycles. The Labute approximate surface area is 136 Å². The minimum atomic E-state index is 0.331. The number of aromatic nitrogens is 2. The van der Waals surface area contributed by atoms with Crippen LogP contribution in [-0.2, 0) is 5.75 Å². The molecule has 2 rings (SSSR count). The first-order valence-corrected chi connectivity index (χ1v) is 8.15. The molecule has 7 heteroatoms. The Morgan fingerprint density at radius 1 is 1.06 bits per heavy atom. The van der Waals surface area contributed by atoms with E-state index in [1.165, 1.54) is 0 Å². The van der Waals surface area contributed by atoms with Gasteiger partial charge in [-0.15, -0.1) is 11.8 Å². The predicted octanol–water partition coefficient (Wildman–Crippen LogP) is 5.60. The van der Waals surface area contributed by atoms with E-state index in [1.54, 1.807) is 11.8 Å². The van der Waals surface area contributed by atoms with Crippen LogP contribution < -0.4 is 0 Å². The maximum atomic E-state index is 5.93. The van der Waals surface area contributed by atoms with Crippen LogP contribution in [0.5, 0.6) is 0 Å². The summed E-state index contributed by atoms with van der Waals surface area (Å²) in [6.07, 6.45) is 0. The van der Waals surface area contributed by atoms with Gasteiger partial charge in [0.05, 0.1) is 10.2 Å². The van der Waals surface area contributed by atoms with Gasteiger partial charge in [-0.05, 0) is 44.0 Å². The predicted molar refractivity (Wildman–Crippen MR) is 83.5 cm³/mol. The van der Waals surface area contributed by atoms with Crippen molar-refractivity contribution in [1.29, 1.82) is 0 Å². The zero-order valence-electron chi connectivity index (χ0n) is 8.83. The maximum Gasteiger partial charge on any atom is 0.148 e. The molecule has 0 atom stereocenters. The van der Waals surface area contributed by atoms with Gasteiger partial charge < -0.3 is 0 Å². The molecule has 0 aliphatic rings. The number of hydrogen-bond donors (Lipinski definition) is 0. The lowest BCUT2D eigenvalue weighted by molar-refractivity contribution is 1.02. The van der Waals surface area contributed by atoms with Gasteiger partial charge in [-0.3, -0.25) is 0 Å². The minimum Gasteiger partial charge on any atom is -0.219 e. The average Bonchev–Trinajstić information content (AvgIpc) is 2.35. The molecule has 0 spiro atoms. The Hall–Kier alpha value is 0.190. The van der Waals surface area contributed by atoms with Gasteiger partial charge in [0, 0.05) is 9.37 Å². The van der Waals surface area contributed by atoms with Crippen molar-refractivity contribution in [2.75, 3.05) is 0 Å². The third kappa shape index (κ3) is 3.61. The molecule has 0 saturated heterocycles. The second-order valence-electron chi connectivity index (χ2n) is 3.25. The van der Waals surface area contributed by atoms with Gasteiger partial charge in [-0.2, -0.15) is 0 Å². The molecular formula is C11H6Br2Cl2N2S. The second-order valence-corrected chi connectivity index (χ2v) is 6.64. The van der Waals surface area contributed by atoms with Gasteiger partial charge in [0.1, 0.15) is 16.1 Å². The summed E-state index contributed by atoms with van der Waals surface area (Å²) in [4.78, 5) is 9.45. The summed E-state index contributed by atoms with van der Waals surface area (Å²) in [7, 11) is 0. The highest BCUT2D eigenvalue weighted by molar-refractivity contribution is 9.10. The number of rotatable bonds is 3. The number of thioether (sulfide) groups is 1. The van der Waals surface area contributed by atoms with Gasteiger partial charge >= 0.3 is 0 Å². The van der Waals surface area contributed by atoms with Crippen molar-refractivity contribution in [3.8, 4) is 0 Å². The van der Waals surface area contributed by atoms with E-state index in [4.69, 9.17) is 23.2 Å². The van der Waals surface area contributed by atoms with Crippen molar-refractivity contribution >= 4 is 66.8 Å². The van der Waals surface area contributed by atoms with Gasteiger partial charge in [-0.1, -0.05) is 35.3 Å². The van der Waals surface area contributed by atoms with E-state index in [9.17, 15) is 0 Å². The smallest absolute Gasteiger partial charge is 0.148 e.